The molecule has 0 bridgehead atoms. The van der Waals surface area contributed by atoms with Gasteiger partial charge in [-0.15, -0.1) is 0 Å². The van der Waals surface area contributed by atoms with Crippen molar-refractivity contribution < 1.29 is 9.59 Å². The zero-order valence-corrected chi connectivity index (χ0v) is 10.8. The lowest BCUT2D eigenvalue weighted by Gasteiger charge is -2.46. The minimum absolute atomic E-state index is 0.0138. The maximum atomic E-state index is 12.6. The highest BCUT2D eigenvalue weighted by Gasteiger charge is 2.49. The van der Waals surface area contributed by atoms with Gasteiger partial charge in [0.15, 0.2) is 0 Å². The van der Waals surface area contributed by atoms with E-state index in [-0.39, 0.29) is 17.9 Å². The fourth-order valence-corrected chi connectivity index (χ4v) is 3.02. The number of nitrogens with zero attached hydrogens (tertiary/aromatic N) is 1. The van der Waals surface area contributed by atoms with Gasteiger partial charge in [-0.05, 0) is 26.2 Å². The van der Waals surface area contributed by atoms with Crippen LogP contribution >= 0.6 is 0 Å². The molecule has 96 valence electrons. The predicted octanol–water partition coefficient (Wildman–Crippen LogP) is 1.45. The molecule has 0 aromatic heterocycles. The number of hydrogen-bond acceptors (Lipinski definition) is 2. The monoisotopic (exact) mass is 238 g/mol. The molecule has 0 radical (unpaired) electrons. The summed E-state index contributed by atoms with van der Waals surface area (Å²) in [6.45, 7) is 4.55. The van der Waals surface area contributed by atoms with E-state index in [0.717, 1.165) is 32.1 Å². The normalized spacial score (nSPS) is 28.4. The Labute approximate surface area is 103 Å². The molecule has 2 rings (SSSR count). The van der Waals surface area contributed by atoms with Crippen molar-refractivity contribution in [2.45, 2.75) is 64.0 Å². The molecule has 1 atom stereocenters. The van der Waals surface area contributed by atoms with Crippen molar-refractivity contribution in [3.8, 4) is 0 Å². The number of amides is 2. The zero-order chi connectivity index (χ0) is 12.5. The van der Waals surface area contributed by atoms with Crippen LogP contribution in [0, 0.1) is 0 Å². The molecule has 1 spiro atoms. The highest BCUT2D eigenvalue weighted by Crippen LogP contribution is 2.33. The Morgan fingerprint density at radius 3 is 2.53 bits per heavy atom. The minimum atomic E-state index is -0.572. The van der Waals surface area contributed by atoms with Crippen molar-refractivity contribution in [3.63, 3.8) is 0 Å². The molecule has 1 N–H and O–H groups in total. The molecule has 0 aromatic rings. The lowest BCUT2D eigenvalue weighted by atomic mass is 9.78. The molecule has 0 aromatic carbocycles. The minimum Gasteiger partial charge on any atom is -0.340 e. The van der Waals surface area contributed by atoms with Crippen LogP contribution in [-0.2, 0) is 9.59 Å². The van der Waals surface area contributed by atoms with Gasteiger partial charge in [0, 0.05) is 6.54 Å². The first-order valence-corrected chi connectivity index (χ1v) is 6.74. The summed E-state index contributed by atoms with van der Waals surface area (Å²) in [4.78, 5) is 26.3. The second-order valence-electron chi connectivity index (χ2n) is 5.31. The zero-order valence-electron chi connectivity index (χ0n) is 10.8. The van der Waals surface area contributed by atoms with Crippen molar-refractivity contribution in [1.29, 1.82) is 0 Å². The first-order chi connectivity index (χ1) is 8.10. The van der Waals surface area contributed by atoms with E-state index in [4.69, 9.17) is 0 Å². The maximum Gasteiger partial charge on any atom is 0.248 e. The summed E-state index contributed by atoms with van der Waals surface area (Å²) in [6, 6.07) is -0.310. The second-order valence-corrected chi connectivity index (χ2v) is 5.31. The van der Waals surface area contributed by atoms with Gasteiger partial charge in [-0.25, -0.2) is 0 Å². The van der Waals surface area contributed by atoms with E-state index in [9.17, 15) is 9.59 Å². The largest absolute Gasteiger partial charge is 0.340 e. The van der Waals surface area contributed by atoms with Gasteiger partial charge in [0.1, 0.15) is 11.6 Å². The molecule has 4 heteroatoms. The van der Waals surface area contributed by atoms with E-state index in [1.54, 1.807) is 4.90 Å². The first-order valence-electron chi connectivity index (χ1n) is 6.74. The fourth-order valence-electron chi connectivity index (χ4n) is 3.02. The molecule has 1 aliphatic carbocycles. The number of nitrogens with one attached hydrogen (secondary N) is 1. The standard InChI is InChI=1S/C13H22N2O2/c1-3-9-15-10(2)11(16)14-13(12(15)17)7-5-4-6-8-13/h10H,3-9H2,1-2H3,(H,14,16). The third-order valence-electron chi connectivity index (χ3n) is 4.05. The molecule has 1 unspecified atom stereocenters. The number of carbonyl (C=O) groups is 2. The second kappa shape index (κ2) is 4.67. The molecular weight excluding hydrogens is 216 g/mol. The van der Waals surface area contributed by atoms with Gasteiger partial charge in [0.2, 0.25) is 11.8 Å². The van der Waals surface area contributed by atoms with E-state index in [1.807, 2.05) is 13.8 Å². The van der Waals surface area contributed by atoms with Crippen LogP contribution in [0.2, 0.25) is 0 Å². The molecular formula is C13H22N2O2. The Balaban J connectivity index is 2.23. The highest BCUT2D eigenvalue weighted by molar-refractivity contribution is 5.99. The van der Waals surface area contributed by atoms with Crippen LogP contribution < -0.4 is 5.32 Å². The maximum absolute atomic E-state index is 12.6. The Morgan fingerprint density at radius 1 is 1.29 bits per heavy atom. The first kappa shape index (κ1) is 12.4. The van der Waals surface area contributed by atoms with Crippen LogP contribution in [-0.4, -0.2) is 34.8 Å². The number of rotatable bonds is 2. The molecule has 1 aliphatic heterocycles. The van der Waals surface area contributed by atoms with Gasteiger partial charge in [0.25, 0.3) is 0 Å². The molecule has 17 heavy (non-hydrogen) atoms. The smallest absolute Gasteiger partial charge is 0.248 e. The Bertz CT molecular complexity index is 321. The summed E-state index contributed by atoms with van der Waals surface area (Å²) in [6.07, 6.45) is 5.78. The average Bonchev–Trinajstić information content (AvgIpc) is 2.34. The predicted molar refractivity (Wildman–Crippen MR) is 65.4 cm³/mol. The van der Waals surface area contributed by atoms with E-state index in [0.29, 0.717) is 6.54 Å². The van der Waals surface area contributed by atoms with Gasteiger partial charge in [0.05, 0.1) is 0 Å². The van der Waals surface area contributed by atoms with Gasteiger partial charge >= 0.3 is 0 Å². The van der Waals surface area contributed by atoms with Crippen molar-refractivity contribution in [2.75, 3.05) is 6.54 Å². The number of piperazine rings is 1. The number of carbonyl (C=O) groups excluding carboxylic acids is 2. The highest BCUT2D eigenvalue weighted by atomic mass is 16.2. The van der Waals surface area contributed by atoms with Gasteiger partial charge in [-0.3, -0.25) is 9.59 Å². The summed E-state index contributed by atoms with van der Waals surface area (Å²) in [7, 11) is 0. The van der Waals surface area contributed by atoms with Crippen LogP contribution in [0.3, 0.4) is 0 Å². The summed E-state index contributed by atoms with van der Waals surface area (Å²) in [5.74, 6) is 0.158. The van der Waals surface area contributed by atoms with Crippen molar-refractivity contribution in [1.82, 2.24) is 10.2 Å². The van der Waals surface area contributed by atoms with Gasteiger partial charge in [-0.2, -0.15) is 0 Å². The molecule has 4 nitrogen and oxygen atoms in total. The Kier molecular flexibility index (Phi) is 3.40. The van der Waals surface area contributed by atoms with E-state index in [2.05, 4.69) is 5.32 Å². The molecule has 1 heterocycles. The quantitative estimate of drug-likeness (QED) is 0.791. The van der Waals surface area contributed by atoms with Crippen molar-refractivity contribution in [2.24, 2.45) is 0 Å². The van der Waals surface area contributed by atoms with Crippen LogP contribution in [0.5, 0.6) is 0 Å². The fraction of sp³-hybridized carbons (Fsp3) is 0.846. The van der Waals surface area contributed by atoms with Crippen molar-refractivity contribution in [3.05, 3.63) is 0 Å². The SMILES string of the molecule is CCCN1C(=O)C2(CCCCC2)NC(=O)C1C. The van der Waals surface area contributed by atoms with Crippen LogP contribution in [0.4, 0.5) is 0 Å². The summed E-state index contributed by atoms with van der Waals surface area (Å²) >= 11 is 0. The van der Waals surface area contributed by atoms with E-state index >= 15 is 0 Å². The summed E-state index contributed by atoms with van der Waals surface area (Å²) < 4.78 is 0. The number of hydrogen-bond donors (Lipinski definition) is 1. The molecule has 1 saturated heterocycles. The third kappa shape index (κ3) is 2.05. The summed E-state index contributed by atoms with van der Waals surface area (Å²) in [5, 5.41) is 2.99. The Hall–Kier alpha value is -1.06. The van der Waals surface area contributed by atoms with Gasteiger partial charge in [-0.1, -0.05) is 26.2 Å². The molecule has 2 amide bonds. The molecule has 2 fully saturated rings. The van der Waals surface area contributed by atoms with Crippen LogP contribution in [0.25, 0.3) is 0 Å². The van der Waals surface area contributed by atoms with E-state index in [1.165, 1.54) is 6.42 Å². The van der Waals surface area contributed by atoms with Crippen molar-refractivity contribution >= 4 is 11.8 Å². The average molecular weight is 238 g/mol. The lowest BCUT2D eigenvalue weighted by Crippen LogP contribution is -2.70. The van der Waals surface area contributed by atoms with E-state index < -0.39 is 5.54 Å². The van der Waals surface area contributed by atoms with Gasteiger partial charge < -0.3 is 10.2 Å². The Morgan fingerprint density at radius 2 is 1.94 bits per heavy atom. The lowest BCUT2D eigenvalue weighted by molar-refractivity contribution is -0.156. The molecule has 2 aliphatic rings. The topological polar surface area (TPSA) is 49.4 Å². The molecule has 1 saturated carbocycles. The summed E-state index contributed by atoms with van der Waals surface area (Å²) in [5.41, 5.74) is -0.572. The third-order valence-corrected chi connectivity index (χ3v) is 4.05. The van der Waals surface area contributed by atoms with Crippen LogP contribution in [0.1, 0.15) is 52.4 Å². The van der Waals surface area contributed by atoms with Crippen LogP contribution in [0.15, 0.2) is 0 Å².